The maximum absolute atomic E-state index is 12.3. The van der Waals surface area contributed by atoms with E-state index in [1.807, 2.05) is 6.07 Å². The highest BCUT2D eigenvalue weighted by Crippen LogP contribution is 2.09. The van der Waals surface area contributed by atoms with Crippen LogP contribution in [0.2, 0.25) is 0 Å². The molecule has 1 amide bonds. The highest BCUT2D eigenvalue weighted by Gasteiger charge is 2.17. The van der Waals surface area contributed by atoms with Crippen molar-refractivity contribution in [3.8, 4) is 12.1 Å². The number of esters is 1. The Balaban J connectivity index is 2.39. The third kappa shape index (κ3) is 4.09. The van der Waals surface area contributed by atoms with E-state index in [4.69, 9.17) is 15.3 Å². The van der Waals surface area contributed by atoms with Crippen LogP contribution in [-0.2, 0) is 9.53 Å². The lowest BCUT2D eigenvalue weighted by Crippen LogP contribution is -2.29. The standard InChI is InChI=1S/C17H13N5O3/c1-2-25-17(24)14(21-16(23)12-6-4-3-5-7-12)10-22-11-20-13(8-18)15(22)9-19/h3-7,10-11H,2H2,1H3,(H,21,23)/b14-10+. The van der Waals surface area contributed by atoms with Crippen LogP contribution >= 0.6 is 0 Å². The molecule has 0 atom stereocenters. The zero-order valence-electron chi connectivity index (χ0n) is 13.3. The number of nitrogens with zero attached hydrogens (tertiary/aromatic N) is 4. The first-order chi connectivity index (χ1) is 12.1. The molecular formula is C17H13N5O3. The smallest absolute Gasteiger partial charge is 0.356 e. The second-order valence-corrected chi connectivity index (χ2v) is 4.66. The molecule has 0 saturated heterocycles. The van der Waals surface area contributed by atoms with Crippen molar-refractivity contribution in [1.29, 1.82) is 10.5 Å². The van der Waals surface area contributed by atoms with E-state index in [2.05, 4.69) is 10.3 Å². The molecule has 1 N–H and O–H groups in total. The Morgan fingerprint density at radius 1 is 1.28 bits per heavy atom. The lowest BCUT2D eigenvalue weighted by molar-refractivity contribution is -0.138. The number of ether oxygens (including phenoxy) is 1. The number of hydrogen-bond acceptors (Lipinski definition) is 6. The quantitative estimate of drug-likeness (QED) is 0.651. The maximum Gasteiger partial charge on any atom is 0.356 e. The van der Waals surface area contributed by atoms with Gasteiger partial charge < -0.3 is 10.1 Å². The van der Waals surface area contributed by atoms with Gasteiger partial charge in [0, 0.05) is 11.8 Å². The van der Waals surface area contributed by atoms with Crippen LogP contribution < -0.4 is 5.32 Å². The first-order valence-corrected chi connectivity index (χ1v) is 7.23. The van der Waals surface area contributed by atoms with E-state index in [1.54, 1.807) is 43.3 Å². The third-order valence-corrected chi connectivity index (χ3v) is 3.05. The zero-order valence-corrected chi connectivity index (χ0v) is 13.3. The molecule has 1 aromatic heterocycles. The molecule has 1 heterocycles. The van der Waals surface area contributed by atoms with Gasteiger partial charge >= 0.3 is 5.97 Å². The summed E-state index contributed by atoms with van der Waals surface area (Å²) in [6.45, 7) is 1.73. The van der Waals surface area contributed by atoms with E-state index in [0.717, 1.165) is 0 Å². The van der Waals surface area contributed by atoms with Gasteiger partial charge in [-0.3, -0.25) is 9.36 Å². The number of nitriles is 2. The Labute approximate surface area is 143 Å². The highest BCUT2D eigenvalue weighted by molar-refractivity contribution is 6.02. The molecule has 8 nitrogen and oxygen atoms in total. The van der Waals surface area contributed by atoms with Crippen LogP contribution in [-0.4, -0.2) is 28.0 Å². The summed E-state index contributed by atoms with van der Waals surface area (Å²) in [4.78, 5) is 28.1. The van der Waals surface area contributed by atoms with Crippen molar-refractivity contribution < 1.29 is 14.3 Å². The molecule has 0 spiro atoms. The minimum Gasteiger partial charge on any atom is -0.461 e. The van der Waals surface area contributed by atoms with Crippen molar-refractivity contribution in [3.05, 3.63) is 59.3 Å². The summed E-state index contributed by atoms with van der Waals surface area (Å²) in [5, 5.41) is 20.5. The van der Waals surface area contributed by atoms with Crippen molar-refractivity contribution in [2.24, 2.45) is 0 Å². The Morgan fingerprint density at radius 2 is 2.00 bits per heavy atom. The predicted molar refractivity (Wildman–Crippen MR) is 86.5 cm³/mol. The number of benzene rings is 1. The minimum absolute atomic E-state index is 0.0572. The summed E-state index contributed by atoms with van der Waals surface area (Å²) in [6.07, 6.45) is 2.39. The van der Waals surface area contributed by atoms with E-state index in [-0.39, 0.29) is 23.7 Å². The van der Waals surface area contributed by atoms with Crippen molar-refractivity contribution >= 4 is 18.1 Å². The fraction of sp³-hybridized carbons (Fsp3) is 0.118. The molecule has 124 valence electrons. The fourth-order valence-corrected chi connectivity index (χ4v) is 1.92. The summed E-state index contributed by atoms with van der Waals surface area (Å²) < 4.78 is 6.09. The summed E-state index contributed by atoms with van der Waals surface area (Å²) in [7, 11) is 0. The molecule has 0 bridgehead atoms. The second-order valence-electron chi connectivity index (χ2n) is 4.66. The predicted octanol–water partition coefficient (Wildman–Crippen LogP) is 1.42. The largest absolute Gasteiger partial charge is 0.461 e. The molecule has 0 aliphatic heterocycles. The number of carbonyl (C=O) groups is 2. The molecule has 0 saturated carbocycles. The van der Waals surface area contributed by atoms with Crippen LogP contribution in [0, 0.1) is 22.7 Å². The molecule has 8 heteroatoms. The van der Waals surface area contributed by atoms with Crippen LogP contribution in [0.3, 0.4) is 0 Å². The topological polar surface area (TPSA) is 121 Å². The first-order valence-electron chi connectivity index (χ1n) is 7.23. The number of nitrogens with one attached hydrogen (secondary N) is 1. The van der Waals surface area contributed by atoms with Crippen LogP contribution in [0.4, 0.5) is 0 Å². The van der Waals surface area contributed by atoms with E-state index in [0.29, 0.717) is 5.56 Å². The summed E-state index contributed by atoms with van der Waals surface area (Å²) in [5.74, 6) is -1.29. The average Bonchev–Trinajstić information content (AvgIpc) is 3.03. The highest BCUT2D eigenvalue weighted by atomic mass is 16.5. The Morgan fingerprint density at radius 3 is 2.60 bits per heavy atom. The van der Waals surface area contributed by atoms with Crippen molar-refractivity contribution in [3.63, 3.8) is 0 Å². The molecule has 0 fully saturated rings. The summed E-state index contributed by atoms with van der Waals surface area (Å²) in [6, 6.07) is 11.9. The first kappa shape index (κ1) is 17.4. The fourth-order valence-electron chi connectivity index (χ4n) is 1.92. The van der Waals surface area contributed by atoms with Gasteiger partial charge in [0.05, 0.1) is 6.61 Å². The van der Waals surface area contributed by atoms with Gasteiger partial charge in [0.25, 0.3) is 5.91 Å². The Bertz CT molecular complexity index is 901. The van der Waals surface area contributed by atoms with Crippen LogP contribution in [0.15, 0.2) is 42.4 Å². The summed E-state index contributed by atoms with van der Waals surface area (Å²) >= 11 is 0. The maximum atomic E-state index is 12.3. The number of rotatable bonds is 5. The van der Waals surface area contributed by atoms with Gasteiger partial charge in [-0.1, -0.05) is 18.2 Å². The molecule has 1 aromatic carbocycles. The van der Waals surface area contributed by atoms with Crippen LogP contribution in [0.25, 0.3) is 6.20 Å². The minimum atomic E-state index is -0.775. The van der Waals surface area contributed by atoms with Gasteiger partial charge in [0.15, 0.2) is 11.4 Å². The van der Waals surface area contributed by atoms with Crippen LogP contribution in [0.1, 0.15) is 28.7 Å². The van der Waals surface area contributed by atoms with Gasteiger partial charge in [-0.05, 0) is 19.1 Å². The van der Waals surface area contributed by atoms with Gasteiger partial charge in [-0.2, -0.15) is 10.5 Å². The van der Waals surface area contributed by atoms with Crippen LogP contribution in [0.5, 0.6) is 0 Å². The number of hydrogen-bond donors (Lipinski definition) is 1. The van der Waals surface area contributed by atoms with Gasteiger partial charge in [0.2, 0.25) is 0 Å². The molecule has 0 radical (unpaired) electrons. The molecule has 2 rings (SSSR count). The third-order valence-electron chi connectivity index (χ3n) is 3.05. The van der Waals surface area contributed by atoms with E-state index < -0.39 is 11.9 Å². The van der Waals surface area contributed by atoms with Crippen molar-refractivity contribution in [2.75, 3.05) is 6.61 Å². The van der Waals surface area contributed by atoms with E-state index in [9.17, 15) is 9.59 Å². The molecule has 0 aliphatic carbocycles. The molecule has 25 heavy (non-hydrogen) atoms. The average molecular weight is 335 g/mol. The Kier molecular flexibility index (Phi) is 5.64. The lowest BCUT2D eigenvalue weighted by atomic mass is 10.2. The second kappa shape index (κ2) is 8.09. The van der Waals surface area contributed by atoms with Gasteiger partial charge in [0.1, 0.15) is 24.2 Å². The van der Waals surface area contributed by atoms with Crippen molar-refractivity contribution in [2.45, 2.75) is 6.92 Å². The molecule has 0 unspecified atom stereocenters. The van der Waals surface area contributed by atoms with E-state index in [1.165, 1.54) is 17.1 Å². The molecule has 0 aliphatic rings. The Hall–Kier alpha value is -3.91. The number of imidazole rings is 1. The van der Waals surface area contributed by atoms with Gasteiger partial charge in [-0.15, -0.1) is 0 Å². The monoisotopic (exact) mass is 335 g/mol. The van der Waals surface area contributed by atoms with E-state index >= 15 is 0 Å². The number of amides is 1. The lowest BCUT2D eigenvalue weighted by Gasteiger charge is -2.09. The molecular weight excluding hydrogens is 322 g/mol. The zero-order chi connectivity index (χ0) is 18.2. The summed E-state index contributed by atoms with van der Waals surface area (Å²) in [5.41, 5.74) is 0.0187. The SMILES string of the molecule is CCOC(=O)/C(=C\n1cnc(C#N)c1C#N)NC(=O)c1ccccc1. The normalized spacial score (nSPS) is 10.4. The number of carbonyl (C=O) groups excluding carboxylic acids is 2. The van der Waals surface area contributed by atoms with Gasteiger partial charge in [-0.25, -0.2) is 9.78 Å². The molecule has 2 aromatic rings. The van der Waals surface area contributed by atoms with Crippen molar-refractivity contribution in [1.82, 2.24) is 14.9 Å². The number of aromatic nitrogens is 2.